The molecule has 51 heavy (non-hydrogen) atoms. The zero-order valence-corrected chi connectivity index (χ0v) is 28.5. The minimum atomic E-state index is -0.582. The van der Waals surface area contributed by atoms with E-state index in [0.29, 0.717) is 0 Å². The highest BCUT2D eigenvalue weighted by molar-refractivity contribution is 7.25. The minimum Gasteiger partial charge on any atom is -0.455 e. The molecule has 0 N–H and O–H groups in total. The van der Waals surface area contributed by atoms with Crippen LogP contribution in [0.15, 0.2) is 186 Å². The number of rotatable bonds is 4. The Bertz CT molecular complexity index is 2910. The van der Waals surface area contributed by atoms with E-state index in [1.165, 1.54) is 81.2 Å². The van der Waals surface area contributed by atoms with Crippen molar-refractivity contribution in [2.24, 2.45) is 0 Å². The lowest BCUT2D eigenvalue weighted by molar-refractivity contribution is 0.669. The second-order valence-corrected chi connectivity index (χ2v) is 14.7. The first-order valence-corrected chi connectivity index (χ1v) is 18.3. The fraction of sp³-hybridized carbons (Fsp3) is 0.0204. The van der Waals surface area contributed by atoms with Crippen LogP contribution in [0.4, 0.5) is 0 Å². The van der Waals surface area contributed by atoms with Crippen LogP contribution in [0.1, 0.15) is 22.3 Å². The summed E-state index contributed by atoms with van der Waals surface area (Å²) in [4.78, 5) is 0. The van der Waals surface area contributed by atoms with Gasteiger partial charge in [-0.15, -0.1) is 11.3 Å². The Hall–Kier alpha value is -6.22. The summed E-state index contributed by atoms with van der Waals surface area (Å²) in [5, 5.41) is 4.92. The van der Waals surface area contributed by atoms with Crippen LogP contribution in [-0.2, 0) is 5.41 Å². The maximum atomic E-state index is 7.03. The van der Waals surface area contributed by atoms with Crippen molar-refractivity contribution in [3.63, 3.8) is 0 Å². The van der Waals surface area contributed by atoms with E-state index in [1.807, 2.05) is 11.3 Å². The molecule has 0 spiro atoms. The third-order valence-electron chi connectivity index (χ3n) is 11.0. The largest absolute Gasteiger partial charge is 0.455 e. The molecule has 0 saturated heterocycles. The first-order valence-electron chi connectivity index (χ1n) is 17.5. The van der Waals surface area contributed by atoms with Gasteiger partial charge in [0, 0.05) is 36.5 Å². The molecule has 2 heterocycles. The number of benzene rings is 8. The molecule has 0 amide bonds. The standard InChI is InChI=1S/C49H30OS/c1-4-14-31(15-5-1)32-24-27-38-41(28-32)49(34-16-6-2-7-17-34,35-18-8-3-9-19-35)42-30-40(46-39-21-10-12-22-43(39)50-48(46)47(38)42)33-25-26-37-36-20-11-13-23-44(36)51-45(37)29-33/h1-30H. The van der Waals surface area contributed by atoms with Crippen LogP contribution in [0, 0.1) is 0 Å². The lowest BCUT2D eigenvalue weighted by Gasteiger charge is -2.34. The lowest BCUT2D eigenvalue weighted by atomic mass is 9.67. The summed E-state index contributed by atoms with van der Waals surface area (Å²) in [6.45, 7) is 0. The molecule has 2 heteroatoms. The second kappa shape index (κ2) is 10.9. The van der Waals surface area contributed by atoms with Crippen LogP contribution >= 0.6 is 11.3 Å². The van der Waals surface area contributed by atoms with Gasteiger partial charge < -0.3 is 4.42 Å². The Kier molecular flexibility index (Phi) is 6.11. The molecule has 2 aromatic heterocycles. The summed E-state index contributed by atoms with van der Waals surface area (Å²) in [5.74, 6) is 0. The average Bonchev–Trinajstić information content (AvgIpc) is 3.86. The number of para-hydroxylation sites is 1. The van der Waals surface area contributed by atoms with Gasteiger partial charge in [0.1, 0.15) is 11.2 Å². The van der Waals surface area contributed by atoms with Gasteiger partial charge in [-0.2, -0.15) is 0 Å². The Balaban J connectivity index is 1.31. The van der Waals surface area contributed by atoms with Crippen LogP contribution < -0.4 is 0 Å². The second-order valence-electron chi connectivity index (χ2n) is 13.6. The van der Waals surface area contributed by atoms with E-state index in [0.717, 1.165) is 16.6 Å². The van der Waals surface area contributed by atoms with E-state index < -0.39 is 5.41 Å². The number of furan rings is 1. The summed E-state index contributed by atoms with van der Waals surface area (Å²) in [5.41, 5.74) is 13.5. The zero-order valence-electron chi connectivity index (χ0n) is 27.6. The summed E-state index contributed by atoms with van der Waals surface area (Å²) in [6, 6.07) is 66.7. The first-order chi connectivity index (χ1) is 25.3. The van der Waals surface area contributed by atoms with Crippen molar-refractivity contribution in [3.05, 3.63) is 204 Å². The number of fused-ring (bicyclic) bond motifs is 10. The molecular formula is C49H30OS. The quantitative estimate of drug-likeness (QED) is 0.182. The molecule has 8 aromatic carbocycles. The predicted molar refractivity (Wildman–Crippen MR) is 215 cm³/mol. The van der Waals surface area contributed by atoms with E-state index in [-0.39, 0.29) is 0 Å². The maximum Gasteiger partial charge on any atom is 0.144 e. The molecule has 11 rings (SSSR count). The van der Waals surface area contributed by atoms with Crippen molar-refractivity contribution in [2.45, 2.75) is 5.41 Å². The van der Waals surface area contributed by atoms with Gasteiger partial charge in [0.2, 0.25) is 0 Å². The van der Waals surface area contributed by atoms with E-state index in [4.69, 9.17) is 4.42 Å². The molecule has 0 bridgehead atoms. The van der Waals surface area contributed by atoms with Crippen molar-refractivity contribution in [2.75, 3.05) is 0 Å². The molecule has 1 aliphatic rings. The molecule has 0 radical (unpaired) electrons. The average molecular weight is 667 g/mol. The van der Waals surface area contributed by atoms with Crippen LogP contribution in [-0.4, -0.2) is 0 Å². The van der Waals surface area contributed by atoms with Crippen molar-refractivity contribution >= 4 is 53.4 Å². The minimum absolute atomic E-state index is 0.582. The molecule has 1 aliphatic carbocycles. The predicted octanol–water partition coefficient (Wildman–Crippen LogP) is 13.7. The molecule has 10 aromatic rings. The highest BCUT2D eigenvalue weighted by atomic mass is 32.1. The normalized spacial score (nSPS) is 13.3. The smallest absolute Gasteiger partial charge is 0.144 e. The van der Waals surface area contributed by atoms with E-state index in [9.17, 15) is 0 Å². The highest BCUT2D eigenvalue weighted by Crippen LogP contribution is 2.60. The number of hydrogen-bond acceptors (Lipinski definition) is 2. The van der Waals surface area contributed by atoms with Gasteiger partial charge in [0.05, 0.1) is 5.41 Å². The lowest BCUT2D eigenvalue weighted by Crippen LogP contribution is -2.28. The fourth-order valence-corrected chi connectivity index (χ4v) is 9.92. The molecule has 0 aliphatic heterocycles. The number of hydrogen-bond donors (Lipinski definition) is 0. The van der Waals surface area contributed by atoms with Crippen molar-refractivity contribution in [1.29, 1.82) is 0 Å². The molecule has 1 nitrogen and oxygen atoms in total. The third kappa shape index (κ3) is 4.03. The maximum absolute atomic E-state index is 7.03. The van der Waals surface area contributed by atoms with Gasteiger partial charge in [-0.1, -0.05) is 152 Å². The third-order valence-corrected chi connectivity index (χ3v) is 12.1. The van der Waals surface area contributed by atoms with Gasteiger partial charge in [-0.05, 0) is 80.4 Å². The zero-order chi connectivity index (χ0) is 33.5. The molecule has 0 saturated carbocycles. The fourth-order valence-electron chi connectivity index (χ4n) is 8.78. The van der Waals surface area contributed by atoms with Gasteiger partial charge >= 0.3 is 0 Å². The van der Waals surface area contributed by atoms with Gasteiger partial charge in [0.25, 0.3) is 0 Å². The summed E-state index contributed by atoms with van der Waals surface area (Å²) in [6.07, 6.45) is 0. The van der Waals surface area contributed by atoms with E-state index in [1.54, 1.807) is 0 Å². The Labute approximate surface area is 299 Å². The summed E-state index contributed by atoms with van der Waals surface area (Å²) >= 11 is 1.87. The molecule has 238 valence electrons. The van der Waals surface area contributed by atoms with Gasteiger partial charge in [-0.25, -0.2) is 0 Å². The summed E-state index contributed by atoms with van der Waals surface area (Å²) < 4.78 is 9.64. The van der Waals surface area contributed by atoms with Gasteiger partial charge in [-0.3, -0.25) is 0 Å². The van der Waals surface area contributed by atoms with Crippen LogP contribution in [0.2, 0.25) is 0 Å². The Morgan fingerprint density at radius 1 is 0.412 bits per heavy atom. The van der Waals surface area contributed by atoms with Crippen LogP contribution in [0.3, 0.4) is 0 Å². The molecular weight excluding hydrogens is 637 g/mol. The SMILES string of the molecule is c1ccc(-c2ccc3c(c2)C(c2ccccc2)(c2ccccc2)c2cc(-c4ccc5c(c4)sc4ccccc45)c4c(oc5ccccc54)c2-3)cc1. The highest BCUT2D eigenvalue weighted by Gasteiger charge is 2.48. The Morgan fingerprint density at radius 2 is 1.04 bits per heavy atom. The topological polar surface area (TPSA) is 13.1 Å². The van der Waals surface area contributed by atoms with Crippen LogP contribution in [0.5, 0.6) is 0 Å². The molecule has 0 unspecified atom stereocenters. The first kappa shape index (κ1) is 28.6. The molecule has 0 fully saturated rings. The van der Waals surface area contributed by atoms with Crippen molar-refractivity contribution in [3.8, 4) is 33.4 Å². The van der Waals surface area contributed by atoms with E-state index >= 15 is 0 Å². The van der Waals surface area contributed by atoms with Crippen molar-refractivity contribution in [1.82, 2.24) is 0 Å². The number of thiophene rings is 1. The molecule has 0 atom stereocenters. The monoisotopic (exact) mass is 666 g/mol. The Morgan fingerprint density at radius 3 is 1.80 bits per heavy atom. The summed E-state index contributed by atoms with van der Waals surface area (Å²) in [7, 11) is 0. The van der Waals surface area contributed by atoms with E-state index in [2.05, 4.69) is 182 Å². The van der Waals surface area contributed by atoms with Gasteiger partial charge in [0.15, 0.2) is 0 Å². The van der Waals surface area contributed by atoms with Crippen molar-refractivity contribution < 1.29 is 4.42 Å². The van der Waals surface area contributed by atoms with Crippen LogP contribution in [0.25, 0.3) is 75.5 Å².